The van der Waals surface area contributed by atoms with E-state index < -0.39 is 0 Å². The van der Waals surface area contributed by atoms with Crippen molar-refractivity contribution in [1.29, 1.82) is 0 Å². The van der Waals surface area contributed by atoms with Crippen molar-refractivity contribution >= 4 is 29.3 Å². The van der Waals surface area contributed by atoms with Crippen LogP contribution in [-0.4, -0.2) is 44.5 Å². The van der Waals surface area contributed by atoms with Crippen LogP contribution in [0.1, 0.15) is 18.4 Å². The third-order valence-electron chi connectivity index (χ3n) is 3.59. The first kappa shape index (κ1) is 18.2. The highest BCUT2D eigenvalue weighted by Crippen LogP contribution is 2.27. The van der Waals surface area contributed by atoms with Crippen LogP contribution < -0.4 is 20.1 Å². The summed E-state index contributed by atoms with van der Waals surface area (Å²) in [6, 6.07) is 5.40. The van der Waals surface area contributed by atoms with E-state index >= 15 is 0 Å². The first-order valence-corrected chi connectivity index (χ1v) is 8.13. The molecule has 0 aromatic heterocycles. The van der Waals surface area contributed by atoms with Gasteiger partial charge in [-0.15, -0.1) is 0 Å². The van der Waals surface area contributed by atoms with E-state index in [4.69, 9.17) is 26.4 Å². The first-order chi connectivity index (χ1) is 11.6. The highest BCUT2D eigenvalue weighted by atomic mass is 32.1. The fourth-order valence-corrected chi connectivity index (χ4v) is 2.52. The average Bonchev–Trinajstić information content (AvgIpc) is 3.11. The van der Waals surface area contributed by atoms with Crippen LogP contribution in [0.5, 0.6) is 11.5 Å². The molecule has 1 atom stereocenters. The maximum absolute atomic E-state index is 11.9. The molecule has 0 aliphatic carbocycles. The van der Waals surface area contributed by atoms with Gasteiger partial charge in [0.15, 0.2) is 16.6 Å². The van der Waals surface area contributed by atoms with Gasteiger partial charge in [0.1, 0.15) is 0 Å². The van der Waals surface area contributed by atoms with E-state index in [1.165, 1.54) is 6.08 Å². The molecule has 1 unspecified atom stereocenters. The zero-order chi connectivity index (χ0) is 17.4. The van der Waals surface area contributed by atoms with Gasteiger partial charge in [-0.3, -0.25) is 10.1 Å². The summed E-state index contributed by atoms with van der Waals surface area (Å²) in [6.45, 7) is 1.40. The highest BCUT2D eigenvalue weighted by molar-refractivity contribution is 7.80. The molecule has 0 bridgehead atoms. The van der Waals surface area contributed by atoms with E-state index in [0.717, 1.165) is 25.0 Å². The summed E-state index contributed by atoms with van der Waals surface area (Å²) in [5.41, 5.74) is 0.820. The van der Waals surface area contributed by atoms with Crippen molar-refractivity contribution in [3.63, 3.8) is 0 Å². The Bertz CT molecular complexity index is 613. The Labute approximate surface area is 147 Å². The molecule has 2 rings (SSSR count). The first-order valence-electron chi connectivity index (χ1n) is 7.73. The Hall–Kier alpha value is -2.12. The van der Waals surface area contributed by atoms with E-state index in [2.05, 4.69) is 10.6 Å². The van der Waals surface area contributed by atoms with E-state index in [9.17, 15) is 4.79 Å². The second-order valence-electron chi connectivity index (χ2n) is 5.28. The minimum absolute atomic E-state index is 0.169. The molecule has 2 N–H and O–H groups in total. The Morgan fingerprint density at radius 2 is 2.17 bits per heavy atom. The van der Waals surface area contributed by atoms with Crippen LogP contribution in [0.2, 0.25) is 0 Å². The monoisotopic (exact) mass is 350 g/mol. The lowest BCUT2D eigenvalue weighted by Crippen LogP contribution is -2.41. The molecule has 1 saturated heterocycles. The van der Waals surface area contributed by atoms with Gasteiger partial charge in [0, 0.05) is 19.2 Å². The van der Waals surface area contributed by atoms with Crippen LogP contribution in [0.3, 0.4) is 0 Å². The maximum Gasteiger partial charge on any atom is 0.250 e. The molecule has 0 radical (unpaired) electrons. The summed E-state index contributed by atoms with van der Waals surface area (Å²) in [4.78, 5) is 11.9. The second kappa shape index (κ2) is 9.24. The highest BCUT2D eigenvalue weighted by Gasteiger charge is 2.15. The molecular formula is C17H22N2O4S. The Morgan fingerprint density at radius 1 is 1.38 bits per heavy atom. The molecular weight excluding hydrogens is 328 g/mol. The van der Waals surface area contributed by atoms with Crippen LogP contribution in [-0.2, 0) is 9.53 Å². The Kier molecular flexibility index (Phi) is 7.02. The Morgan fingerprint density at radius 3 is 2.83 bits per heavy atom. The summed E-state index contributed by atoms with van der Waals surface area (Å²) in [5, 5.41) is 5.90. The van der Waals surface area contributed by atoms with Gasteiger partial charge in [-0.1, -0.05) is 6.07 Å². The van der Waals surface area contributed by atoms with Crippen LogP contribution in [0, 0.1) is 0 Å². The summed E-state index contributed by atoms with van der Waals surface area (Å²) in [5.74, 6) is 0.946. The number of hydrogen-bond acceptors (Lipinski definition) is 5. The van der Waals surface area contributed by atoms with Crippen LogP contribution >= 0.6 is 12.2 Å². The van der Waals surface area contributed by atoms with Crippen LogP contribution in [0.25, 0.3) is 6.08 Å². The molecule has 7 heteroatoms. The number of benzene rings is 1. The standard InChI is InChI=1S/C17H22N2O4S/c1-21-14-7-5-12(10-15(14)22-2)6-8-16(20)19-17(24)18-11-13-4-3-9-23-13/h5-8,10,13H,3-4,9,11H2,1-2H3,(H2,18,19,20,24)/b8-6+. The lowest BCUT2D eigenvalue weighted by Gasteiger charge is -2.12. The minimum atomic E-state index is -0.297. The number of methoxy groups -OCH3 is 2. The number of rotatable bonds is 6. The van der Waals surface area contributed by atoms with Crippen molar-refractivity contribution in [2.24, 2.45) is 0 Å². The molecule has 1 aromatic rings. The second-order valence-corrected chi connectivity index (χ2v) is 5.69. The number of carbonyl (C=O) groups excluding carboxylic acids is 1. The number of carbonyl (C=O) groups is 1. The van der Waals surface area contributed by atoms with Gasteiger partial charge in [0.2, 0.25) is 5.91 Å². The normalized spacial score (nSPS) is 16.8. The molecule has 6 nitrogen and oxygen atoms in total. The van der Waals surface area contributed by atoms with Crippen molar-refractivity contribution in [3.8, 4) is 11.5 Å². The fourth-order valence-electron chi connectivity index (χ4n) is 2.34. The van der Waals surface area contributed by atoms with Crippen molar-refractivity contribution in [2.75, 3.05) is 27.4 Å². The molecule has 0 spiro atoms. The molecule has 24 heavy (non-hydrogen) atoms. The molecule has 1 aliphatic heterocycles. The molecule has 1 amide bonds. The topological polar surface area (TPSA) is 68.8 Å². The maximum atomic E-state index is 11.9. The van der Waals surface area contributed by atoms with Crippen molar-refractivity contribution in [1.82, 2.24) is 10.6 Å². The molecule has 1 aliphatic rings. The van der Waals surface area contributed by atoms with Crippen molar-refractivity contribution in [2.45, 2.75) is 18.9 Å². The lowest BCUT2D eigenvalue weighted by atomic mass is 10.2. The summed E-state index contributed by atoms with van der Waals surface area (Å²) >= 11 is 5.10. The van der Waals surface area contributed by atoms with E-state index in [-0.39, 0.29) is 12.0 Å². The van der Waals surface area contributed by atoms with Gasteiger partial charge in [-0.2, -0.15) is 0 Å². The van der Waals surface area contributed by atoms with E-state index in [1.807, 2.05) is 6.07 Å². The number of amides is 1. The van der Waals surface area contributed by atoms with Crippen molar-refractivity contribution in [3.05, 3.63) is 29.8 Å². The largest absolute Gasteiger partial charge is 0.493 e. The number of ether oxygens (including phenoxy) is 3. The third-order valence-corrected chi connectivity index (χ3v) is 3.83. The van der Waals surface area contributed by atoms with E-state index in [0.29, 0.717) is 23.2 Å². The molecule has 1 heterocycles. The zero-order valence-corrected chi connectivity index (χ0v) is 14.7. The summed E-state index contributed by atoms with van der Waals surface area (Å²) < 4.78 is 15.9. The average molecular weight is 350 g/mol. The van der Waals surface area contributed by atoms with Gasteiger partial charge in [0.05, 0.1) is 20.3 Å². The smallest absolute Gasteiger partial charge is 0.250 e. The van der Waals surface area contributed by atoms with Crippen molar-refractivity contribution < 1.29 is 19.0 Å². The van der Waals surface area contributed by atoms with Gasteiger partial charge in [0.25, 0.3) is 0 Å². The number of thiocarbonyl (C=S) groups is 1. The predicted octanol–water partition coefficient (Wildman–Crippen LogP) is 1.89. The van der Waals surface area contributed by atoms with Gasteiger partial charge in [-0.25, -0.2) is 0 Å². The van der Waals surface area contributed by atoms with Gasteiger partial charge in [-0.05, 0) is 48.8 Å². The van der Waals surface area contributed by atoms with E-state index in [1.54, 1.807) is 32.4 Å². The predicted molar refractivity (Wildman–Crippen MR) is 96.3 cm³/mol. The quantitative estimate of drug-likeness (QED) is 0.603. The molecule has 0 saturated carbocycles. The van der Waals surface area contributed by atoms with Gasteiger partial charge < -0.3 is 19.5 Å². The molecule has 1 fully saturated rings. The number of hydrogen-bond donors (Lipinski definition) is 2. The van der Waals surface area contributed by atoms with Crippen LogP contribution in [0.15, 0.2) is 24.3 Å². The fraction of sp³-hybridized carbons (Fsp3) is 0.412. The molecule has 1 aromatic carbocycles. The molecule has 130 valence electrons. The summed E-state index contributed by atoms with van der Waals surface area (Å²) in [6.07, 6.45) is 5.35. The zero-order valence-electron chi connectivity index (χ0n) is 13.8. The van der Waals surface area contributed by atoms with Crippen LogP contribution in [0.4, 0.5) is 0 Å². The Balaban J connectivity index is 1.82. The summed E-state index contributed by atoms with van der Waals surface area (Å²) in [7, 11) is 3.14. The SMILES string of the molecule is COc1ccc(/C=C/C(=O)NC(=S)NCC2CCCO2)cc1OC. The lowest BCUT2D eigenvalue weighted by molar-refractivity contribution is -0.115. The third kappa shape index (κ3) is 5.50. The number of nitrogens with one attached hydrogen (secondary N) is 2. The minimum Gasteiger partial charge on any atom is -0.493 e. The van der Waals surface area contributed by atoms with Gasteiger partial charge >= 0.3 is 0 Å².